The number of pyridine rings is 1. The van der Waals surface area contributed by atoms with Gasteiger partial charge in [0.1, 0.15) is 0 Å². The van der Waals surface area contributed by atoms with E-state index in [0.717, 1.165) is 26.1 Å². The molecule has 3 aromatic heterocycles. The first-order chi connectivity index (χ1) is 9.11. The number of aromatic nitrogens is 5. The molecule has 5 nitrogen and oxygen atoms in total. The predicted molar refractivity (Wildman–Crippen MR) is 78.6 cm³/mol. The summed E-state index contributed by atoms with van der Waals surface area (Å²) in [6.45, 7) is 2.02. The summed E-state index contributed by atoms with van der Waals surface area (Å²) in [6.07, 6.45) is 7.19. The van der Waals surface area contributed by atoms with Gasteiger partial charge in [-0.3, -0.25) is 0 Å². The summed E-state index contributed by atoms with van der Waals surface area (Å²) in [4.78, 5) is 4.56. The van der Waals surface area contributed by atoms with Crippen molar-refractivity contribution >= 4 is 31.9 Å². The number of halogens is 2. The molecule has 0 saturated carbocycles. The van der Waals surface area contributed by atoms with Crippen molar-refractivity contribution in [1.29, 1.82) is 0 Å². The van der Waals surface area contributed by atoms with Crippen LogP contribution in [0.2, 0.25) is 0 Å². The standard InChI is InChI=1S/C12H9Br2N5/c1-8-2-11(18-6-9(13)4-15-18)17-12(3-8)19-7-10(14)5-16-19/h2-7H,1H3. The minimum Gasteiger partial charge on any atom is -0.221 e. The summed E-state index contributed by atoms with van der Waals surface area (Å²) in [5, 5.41) is 8.47. The van der Waals surface area contributed by atoms with E-state index in [1.807, 2.05) is 31.5 Å². The first-order valence-corrected chi connectivity index (χ1v) is 7.10. The predicted octanol–water partition coefficient (Wildman–Crippen LogP) is 3.29. The molecule has 0 radical (unpaired) electrons. The van der Waals surface area contributed by atoms with Crippen LogP contribution >= 0.6 is 31.9 Å². The molecule has 3 rings (SSSR count). The van der Waals surface area contributed by atoms with Gasteiger partial charge in [-0.25, -0.2) is 14.3 Å². The van der Waals surface area contributed by atoms with Crippen LogP contribution in [-0.4, -0.2) is 24.5 Å². The molecule has 0 N–H and O–H groups in total. The van der Waals surface area contributed by atoms with Gasteiger partial charge < -0.3 is 0 Å². The maximum absolute atomic E-state index is 4.56. The minimum absolute atomic E-state index is 0.757. The Balaban J connectivity index is 2.10. The first kappa shape index (κ1) is 12.6. The van der Waals surface area contributed by atoms with Gasteiger partial charge in [-0.2, -0.15) is 10.2 Å². The SMILES string of the molecule is Cc1cc(-n2cc(Br)cn2)nc(-n2cc(Br)cn2)c1. The molecule has 0 aliphatic rings. The van der Waals surface area contributed by atoms with E-state index in [1.165, 1.54) is 0 Å². The van der Waals surface area contributed by atoms with Crippen molar-refractivity contribution in [1.82, 2.24) is 24.5 Å². The topological polar surface area (TPSA) is 48.5 Å². The lowest BCUT2D eigenvalue weighted by Crippen LogP contribution is -2.04. The van der Waals surface area contributed by atoms with Crippen molar-refractivity contribution in [3.63, 3.8) is 0 Å². The van der Waals surface area contributed by atoms with Crippen LogP contribution in [0.25, 0.3) is 11.6 Å². The Hall–Kier alpha value is -1.47. The Morgan fingerprint density at radius 1 is 0.895 bits per heavy atom. The zero-order chi connectivity index (χ0) is 13.4. The van der Waals surface area contributed by atoms with Crippen molar-refractivity contribution in [2.24, 2.45) is 0 Å². The zero-order valence-corrected chi connectivity index (χ0v) is 13.1. The second-order valence-electron chi connectivity index (χ2n) is 4.07. The molecule has 0 aromatic carbocycles. The van der Waals surface area contributed by atoms with Gasteiger partial charge in [-0.15, -0.1) is 0 Å². The van der Waals surface area contributed by atoms with Crippen molar-refractivity contribution in [2.75, 3.05) is 0 Å². The molecular weight excluding hydrogens is 374 g/mol. The highest BCUT2D eigenvalue weighted by molar-refractivity contribution is 9.10. The molecule has 0 bridgehead atoms. The highest BCUT2D eigenvalue weighted by Crippen LogP contribution is 2.16. The lowest BCUT2D eigenvalue weighted by molar-refractivity contribution is 0.801. The van der Waals surface area contributed by atoms with E-state index < -0.39 is 0 Å². The number of hydrogen-bond donors (Lipinski definition) is 0. The van der Waals surface area contributed by atoms with Crippen LogP contribution in [0.15, 0.2) is 45.9 Å². The van der Waals surface area contributed by atoms with Crippen LogP contribution in [0.1, 0.15) is 5.56 Å². The van der Waals surface area contributed by atoms with Gasteiger partial charge in [-0.05, 0) is 56.5 Å². The summed E-state index contributed by atoms with van der Waals surface area (Å²) < 4.78 is 5.27. The van der Waals surface area contributed by atoms with Gasteiger partial charge in [0.25, 0.3) is 0 Å². The summed E-state index contributed by atoms with van der Waals surface area (Å²) in [7, 11) is 0. The van der Waals surface area contributed by atoms with E-state index >= 15 is 0 Å². The Labute approximate surface area is 126 Å². The molecule has 0 unspecified atom stereocenters. The second kappa shape index (κ2) is 4.90. The minimum atomic E-state index is 0.757. The van der Waals surface area contributed by atoms with E-state index in [2.05, 4.69) is 47.0 Å². The van der Waals surface area contributed by atoms with Crippen molar-refractivity contribution in [3.05, 3.63) is 51.4 Å². The summed E-state index contributed by atoms with van der Waals surface area (Å²) in [5.41, 5.74) is 1.10. The van der Waals surface area contributed by atoms with Crippen LogP contribution < -0.4 is 0 Å². The van der Waals surface area contributed by atoms with Gasteiger partial charge >= 0.3 is 0 Å². The van der Waals surface area contributed by atoms with Crippen LogP contribution in [0.3, 0.4) is 0 Å². The molecule has 0 saturated heterocycles. The van der Waals surface area contributed by atoms with Crippen LogP contribution in [0, 0.1) is 6.92 Å². The first-order valence-electron chi connectivity index (χ1n) is 5.51. The van der Waals surface area contributed by atoms with E-state index in [1.54, 1.807) is 21.8 Å². The third-order valence-electron chi connectivity index (χ3n) is 2.51. The Bertz CT molecular complexity index is 673. The maximum Gasteiger partial charge on any atom is 0.156 e. The molecular formula is C12H9Br2N5. The molecule has 19 heavy (non-hydrogen) atoms. The molecule has 0 atom stereocenters. The fourth-order valence-corrected chi connectivity index (χ4v) is 2.29. The van der Waals surface area contributed by atoms with E-state index in [0.29, 0.717) is 0 Å². The maximum atomic E-state index is 4.56. The third kappa shape index (κ3) is 2.62. The van der Waals surface area contributed by atoms with Crippen molar-refractivity contribution < 1.29 is 0 Å². The largest absolute Gasteiger partial charge is 0.221 e. The lowest BCUT2D eigenvalue weighted by Gasteiger charge is -2.06. The number of hydrogen-bond acceptors (Lipinski definition) is 3. The highest BCUT2D eigenvalue weighted by atomic mass is 79.9. The fourth-order valence-electron chi connectivity index (χ4n) is 1.72. The van der Waals surface area contributed by atoms with Gasteiger partial charge in [0.15, 0.2) is 11.6 Å². The monoisotopic (exact) mass is 381 g/mol. The van der Waals surface area contributed by atoms with Crippen LogP contribution in [-0.2, 0) is 0 Å². The summed E-state index contributed by atoms with van der Waals surface area (Å²) in [6, 6.07) is 3.95. The highest BCUT2D eigenvalue weighted by Gasteiger charge is 2.06. The van der Waals surface area contributed by atoms with Gasteiger partial charge in [0, 0.05) is 12.4 Å². The zero-order valence-electron chi connectivity index (χ0n) is 9.96. The molecule has 0 amide bonds. The number of aryl methyl sites for hydroxylation is 1. The van der Waals surface area contributed by atoms with Crippen LogP contribution in [0.5, 0.6) is 0 Å². The molecule has 3 heterocycles. The normalized spacial score (nSPS) is 10.9. The van der Waals surface area contributed by atoms with Crippen molar-refractivity contribution in [2.45, 2.75) is 6.92 Å². The Morgan fingerprint density at radius 3 is 1.74 bits per heavy atom. The van der Waals surface area contributed by atoms with E-state index in [-0.39, 0.29) is 0 Å². The average molecular weight is 383 g/mol. The van der Waals surface area contributed by atoms with Crippen LogP contribution in [0.4, 0.5) is 0 Å². The average Bonchev–Trinajstić information content (AvgIpc) is 2.97. The third-order valence-corrected chi connectivity index (χ3v) is 3.33. The fraction of sp³-hybridized carbons (Fsp3) is 0.0833. The quantitative estimate of drug-likeness (QED) is 0.683. The van der Waals surface area contributed by atoms with Gasteiger partial charge in [-0.1, -0.05) is 0 Å². The lowest BCUT2D eigenvalue weighted by atomic mass is 10.3. The summed E-state index contributed by atoms with van der Waals surface area (Å²) >= 11 is 6.76. The molecule has 3 aromatic rings. The molecule has 0 aliphatic carbocycles. The number of rotatable bonds is 2. The molecule has 96 valence electrons. The smallest absolute Gasteiger partial charge is 0.156 e. The molecule has 0 fully saturated rings. The molecule has 0 spiro atoms. The number of nitrogens with zero attached hydrogens (tertiary/aromatic N) is 5. The molecule has 7 heteroatoms. The molecule has 0 aliphatic heterocycles. The van der Waals surface area contributed by atoms with E-state index in [9.17, 15) is 0 Å². The summed E-state index contributed by atoms with van der Waals surface area (Å²) in [5.74, 6) is 1.51. The van der Waals surface area contributed by atoms with Gasteiger partial charge in [0.2, 0.25) is 0 Å². The Morgan fingerprint density at radius 2 is 1.37 bits per heavy atom. The van der Waals surface area contributed by atoms with Crippen molar-refractivity contribution in [3.8, 4) is 11.6 Å². The Kier molecular flexibility index (Phi) is 3.24. The van der Waals surface area contributed by atoms with Gasteiger partial charge in [0.05, 0.1) is 21.3 Å². The second-order valence-corrected chi connectivity index (χ2v) is 5.90. The van der Waals surface area contributed by atoms with E-state index in [4.69, 9.17) is 0 Å².